The minimum absolute atomic E-state index is 0.332. The van der Waals surface area contributed by atoms with E-state index in [4.69, 9.17) is 4.74 Å². The van der Waals surface area contributed by atoms with E-state index in [1.165, 1.54) is 11.1 Å². The zero-order valence-corrected chi connectivity index (χ0v) is 14.6. The van der Waals surface area contributed by atoms with Crippen LogP contribution in [0.2, 0.25) is 0 Å². The van der Waals surface area contributed by atoms with Gasteiger partial charge < -0.3 is 15.4 Å². The Labute approximate surface area is 140 Å². The molecule has 1 atom stereocenters. The lowest BCUT2D eigenvalue weighted by atomic mass is 10.0. The van der Waals surface area contributed by atoms with E-state index in [0.29, 0.717) is 6.04 Å². The number of rotatable bonds is 6. The highest BCUT2D eigenvalue weighted by Crippen LogP contribution is 2.22. The van der Waals surface area contributed by atoms with E-state index in [1.807, 2.05) is 7.05 Å². The predicted octanol–water partition coefficient (Wildman–Crippen LogP) is 1.94. The standard InChI is InChI=1S/C18H30N4O/c1-4-8-20-18(19-3)21-14-17(22-9-11-23-12-10-22)16-7-5-6-15(2)13-16/h5-7,13,17H,4,8-12,14H2,1-3H3,(H2,19,20,21). The van der Waals surface area contributed by atoms with Crippen molar-refractivity contribution in [2.75, 3.05) is 46.4 Å². The average molecular weight is 318 g/mol. The lowest BCUT2D eigenvalue weighted by Crippen LogP contribution is -2.46. The van der Waals surface area contributed by atoms with Gasteiger partial charge in [-0.15, -0.1) is 0 Å². The molecule has 0 radical (unpaired) electrons. The van der Waals surface area contributed by atoms with Gasteiger partial charge >= 0.3 is 0 Å². The molecule has 1 heterocycles. The molecule has 1 aromatic carbocycles. The summed E-state index contributed by atoms with van der Waals surface area (Å²) in [4.78, 5) is 6.80. The monoisotopic (exact) mass is 318 g/mol. The molecule has 1 aliphatic heterocycles. The van der Waals surface area contributed by atoms with Gasteiger partial charge in [-0.05, 0) is 18.9 Å². The van der Waals surface area contributed by atoms with E-state index in [0.717, 1.165) is 51.8 Å². The lowest BCUT2D eigenvalue weighted by Gasteiger charge is -2.35. The number of hydrogen-bond acceptors (Lipinski definition) is 3. The van der Waals surface area contributed by atoms with Crippen LogP contribution >= 0.6 is 0 Å². The van der Waals surface area contributed by atoms with Crippen molar-refractivity contribution in [3.05, 3.63) is 35.4 Å². The summed E-state index contributed by atoms with van der Waals surface area (Å²) in [5, 5.41) is 6.81. The molecule has 0 bridgehead atoms. The maximum absolute atomic E-state index is 5.51. The van der Waals surface area contributed by atoms with Gasteiger partial charge in [0.2, 0.25) is 0 Å². The van der Waals surface area contributed by atoms with Crippen molar-refractivity contribution < 1.29 is 4.74 Å². The van der Waals surface area contributed by atoms with Crippen LogP contribution in [0, 0.1) is 6.92 Å². The molecule has 2 N–H and O–H groups in total. The molecule has 0 amide bonds. The third kappa shape index (κ3) is 5.52. The van der Waals surface area contributed by atoms with Crippen molar-refractivity contribution in [3.63, 3.8) is 0 Å². The van der Waals surface area contributed by atoms with E-state index < -0.39 is 0 Å². The summed E-state index contributed by atoms with van der Waals surface area (Å²) in [6.45, 7) is 9.65. The van der Waals surface area contributed by atoms with E-state index in [9.17, 15) is 0 Å². The highest BCUT2D eigenvalue weighted by atomic mass is 16.5. The second-order valence-electron chi connectivity index (χ2n) is 5.96. The molecule has 1 fully saturated rings. The summed E-state index contributed by atoms with van der Waals surface area (Å²) >= 11 is 0. The molecule has 1 saturated heterocycles. The van der Waals surface area contributed by atoms with Crippen molar-refractivity contribution in [3.8, 4) is 0 Å². The molecule has 1 aliphatic rings. The number of ether oxygens (including phenoxy) is 1. The zero-order valence-electron chi connectivity index (χ0n) is 14.6. The van der Waals surface area contributed by atoms with Crippen LogP contribution in [0.15, 0.2) is 29.3 Å². The van der Waals surface area contributed by atoms with Crippen LogP contribution in [-0.4, -0.2) is 57.3 Å². The van der Waals surface area contributed by atoms with Crippen LogP contribution in [0.3, 0.4) is 0 Å². The van der Waals surface area contributed by atoms with Crippen LogP contribution in [0.25, 0.3) is 0 Å². The van der Waals surface area contributed by atoms with E-state index in [-0.39, 0.29) is 0 Å². The smallest absolute Gasteiger partial charge is 0.191 e. The SMILES string of the molecule is CCCNC(=NC)NCC(c1cccc(C)c1)N1CCOCC1. The fourth-order valence-corrected chi connectivity index (χ4v) is 2.88. The van der Waals surface area contributed by atoms with Crippen molar-refractivity contribution in [1.82, 2.24) is 15.5 Å². The van der Waals surface area contributed by atoms with Gasteiger partial charge in [0.05, 0.1) is 19.3 Å². The summed E-state index contributed by atoms with van der Waals surface area (Å²) in [7, 11) is 1.82. The number of aliphatic imine (C=N–C) groups is 1. The van der Waals surface area contributed by atoms with E-state index >= 15 is 0 Å². The topological polar surface area (TPSA) is 48.9 Å². The first-order valence-electron chi connectivity index (χ1n) is 8.57. The largest absolute Gasteiger partial charge is 0.379 e. The normalized spacial score (nSPS) is 17.8. The van der Waals surface area contributed by atoms with E-state index in [1.54, 1.807) is 0 Å². The second-order valence-corrected chi connectivity index (χ2v) is 5.96. The molecular formula is C18H30N4O. The quantitative estimate of drug-likeness (QED) is 0.622. The highest BCUT2D eigenvalue weighted by Gasteiger charge is 2.22. The number of nitrogens with one attached hydrogen (secondary N) is 2. The summed E-state index contributed by atoms with van der Waals surface area (Å²) in [6.07, 6.45) is 1.09. The molecule has 0 spiro atoms. The molecule has 1 unspecified atom stereocenters. The number of aryl methyl sites for hydroxylation is 1. The molecule has 5 nitrogen and oxygen atoms in total. The van der Waals surface area contributed by atoms with Gasteiger partial charge in [-0.2, -0.15) is 0 Å². The Morgan fingerprint density at radius 1 is 1.30 bits per heavy atom. The summed E-state index contributed by atoms with van der Waals surface area (Å²) in [6, 6.07) is 9.12. The van der Waals surface area contributed by atoms with Crippen molar-refractivity contribution in [2.24, 2.45) is 4.99 Å². The molecule has 0 aromatic heterocycles. The number of benzene rings is 1. The van der Waals surface area contributed by atoms with Gasteiger partial charge in [0.15, 0.2) is 5.96 Å². The molecule has 5 heteroatoms. The van der Waals surface area contributed by atoms with Gasteiger partial charge in [0.1, 0.15) is 0 Å². The molecule has 1 aromatic rings. The summed E-state index contributed by atoms with van der Waals surface area (Å²) in [5.74, 6) is 0.873. The molecule has 2 rings (SSSR count). The minimum Gasteiger partial charge on any atom is -0.379 e. The van der Waals surface area contributed by atoms with Crippen molar-refractivity contribution in [1.29, 1.82) is 0 Å². The Morgan fingerprint density at radius 2 is 2.09 bits per heavy atom. The molecule has 23 heavy (non-hydrogen) atoms. The van der Waals surface area contributed by atoms with Crippen LogP contribution in [0.1, 0.15) is 30.5 Å². The molecule has 0 aliphatic carbocycles. The fourth-order valence-electron chi connectivity index (χ4n) is 2.88. The van der Waals surface area contributed by atoms with Crippen LogP contribution < -0.4 is 10.6 Å². The Bertz CT molecular complexity index is 498. The first-order valence-corrected chi connectivity index (χ1v) is 8.57. The number of morpholine rings is 1. The van der Waals surface area contributed by atoms with Crippen LogP contribution in [-0.2, 0) is 4.74 Å². The van der Waals surface area contributed by atoms with Crippen LogP contribution in [0.5, 0.6) is 0 Å². The maximum atomic E-state index is 5.51. The van der Waals surface area contributed by atoms with Crippen molar-refractivity contribution >= 4 is 5.96 Å². The third-order valence-corrected chi connectivity index (χ3v) is 4.14. The highest BCUT2D eigenvalue weighted by molar-refractivity contribution is 5.79. The summed E-state index contributed by atoms with van der Waals surface area (Å²) < 4.78 is 5.51. The first kappa shape index (κ1) is 17.8. The third-order valence-electron chi connectivity index (χ3n) is 4.14. The van der Waals surface area contributed by atoms with Gasteiger partial charge in [0, 0.05) is 33.2 Å². The number of nitrogens with zero attached hydrogens (tertiary/aromatic N) is 2. The first-order chi connectivity index (χ1) is 11.2. The molecular weight excluding hydrogens is 288 g/mol. The predicted molar refractivity (Wildman–Crippen MR) is 96.0 cm³/mol. The lowest BCUT2D eigenvalue weighted by molar-refractivity contribution is 0.0170. The second kappa shape index (κ2) is 9.53. The molecule has 128 valence electrons. The van der Waals surface area contributed by atoms with Crippen molar-refractivity contribution in [2.45, 2.75) is 26.3 Å². The zero-order chi connectivity index (χ0) is 16.5. The van der Waals surface area contributed by atoms with E-state index in [2.05, 4.69) is 58.6 Å². The van der Waals surface area contributed by atoms with Gasteiger partial charge in [-0.3, -0.25) is 9.89 Å². The van der Waals surface area contributed by atoms with Gasteiger partial charge in [0.25, 0.3) is 0 Å². The Hall–Kier alpha value is -1.59. The Balaban J connectivity index is 2.07. The summed E-state index contributed by atoms with van der Waals surface area (Å²) in [5.41, 5.74) is 2.65. The van der Waals surface area contributed by atoms with Gasteiger partial charge in [-0.1, -0.05) is 36.8 Å². The number of guanidine groups is 1. The van der Waals surface area contributed by atoms with Crippen LogP contribution in [0.4, 0.5) is 0 Å². The average Bonchev–Trinajstić information content (AvgIpc) is 2.59. The Morgan fingerprint density at radius 3 is 2.74 bits per heavy atom. The molecule has 0 saturated carbocycles. The fraction of sp³-hybridized carbons (Fsp3) is 0.611. The number of hydrogen-bond donors (Lipinski definition) is 2. The maximum Gasteiger partial charge on any atom is 0.191 e. The minimum atomic E-state index is 0.332. The van der Waals surface area contributed by atoms with Gasteiger partial charge in [-0.25, -0.2) is 0 Å². The Kier molecular flexibility index (Phi) is 7.36.